The molecule has 3 heteroatoms. The number of aromatic nitrogens is 1. The van der Waals surface area contributed by atoms with E-state index in [9.17, 15) is 0 Å². The van der Waals surface area contributed by atoms with Crippen LogP contribution >= 0.6 is 31.9 Å². The third kappa shape index (κ3) is 3.19. The van der Waals surface area contributed by atoms with Crippen LogP contribution in [0.4, 0.5) is 0 Å². The molecule has 0 amide bonds. The van der Waals surface area contributed by atoms with E-state index in [4.69, 9.17) is 0 Å². The van der Waals surface area contributed by atoms with Crippen molar-refractivity contribution in [3.63, 3.8) is 0 Å². The molecule has 0 radical (unpaired) electrons. The molecule has 0 N–H and O–H groups in total. The van der Waals surface area contributed by atoms with Gasteiger partial charge in [-0.2, -0.15) is 0 Å². The molecule has 1 heterocycles. The van der Waals surface area contributed by atoms with Gasteiger partial charge in [-0.05, 0) is 60.0 Å². The molecule has 136 valence electrons. The SMILES string of the molecule is Brc1cc(Br)cc(Cc2ccc3c4ccccc4n(-c4ccccc4)c3c2)c1. The monoisotopic (exact) mass is 489 g/mol. The molecule has 0 saturated carbocycles. The molecule has 0 spiro atoms. The number of benzene rings is 4. The maximum atomic E-state index is 3.60. The topological polar surface area (TPSA) is 4.93 Å². The van der Waals surface area contributed by atoms with Gasteiger partial charge in [-0.1, -0.05) is 80.4 Å². The van der Waals surface area contributed by atoms with E-state index in [1.54, 1.807) is 0 Å². The highest BCUT2D eigenvalue weighted by atomic mass is 79.9. The second kappa shape index (κ2) is 7.23. The third-order valence-corrected chi connectivity index (χ3v) is 6.00. The summed E-state index contributed by atoms with van der Waals surface area (Å²) < 4.78 is 4.55. The normalized spacial score (nSPS) is 11.4. The molecule has 0 fully saturated rings. The van der Waals surface area contributed by atoms with Crippen molar-refractivity contribution in [2.45, 2.75) is 6.42 Å². The summed E-state index contributed by atoms with van der Waals surface area (Å²) in [5.41, 5.74) is 6.27. The average molecular weight is 491 g/mol. The molecule has 0 aliphatic carbocycles. The highest BCUT2D eigenvalue weighted by Gasteiger charge is 2.12. The van der Waals surface area contributed by atoms with Gasteiger partial charge in [0.25, 0.3) is 0 Å². The van der Waals surface area contributed by atoms with Crippen molar-refractivity contribution < 1.29 is 0 Å². The van der Waals surface area contributed by atoms with Crippen LogP contribution in [-0.4, -0.2) is 4.57 Å². The zero-order chi connectivity index (χ0) is 19.1. The van der Waals surface area contributed by atoms with Gasteiger partial charge >= 0.3 is 0 Å². The highest BCUT2D eigenvalue weighted by molar-refractivity contribution is 9.11. The highest BCUT2D eigenvalue weighted by Crippen LogP contribution is 2.33. The van der Waals surface area contributed by atoms with E-state index in [0.717, 1.165) is 15.4 Å². The van der Waals surface area contributed by atoms with Gasteiger partial charge in [-0.15, -0.1) is 0 Å². The van der Waals surface area contributed by atoms with Crippen LogP contribution in [0.2, 0.25) is 0 Å². The summed E-state index contributed by atoms with van der Waals surface area (Å²) in [6, 6.07) is 32.5. The molecule has 0 bridgehead atoms. The van der Waals surface area contributed by atoms with Crippen molar-refractivity contribution in [1.82, 2.24) is 4.57 Å². The van der Waals surface area contributed by atoms with Crippen molar-refractivity contribution in [1.29, 1.82) is 0 Å². The molecule has 28 heavy (non-hydrogen) atoms. The maximum absolute atomic E-state index is 3.60. The Morgan fingerprint density at radius 3 is 2.04 bits per heavy atom. The van der Waals surface area contributed by atoms with Crippen LogP contribution in [0.5, 0.6) is 0 Å². The van der Waals surface area contributed by atoms with Gasteiger partial charge < -0.3 is 4.57 Å². The molecular weight excluding hydrogens is 474 g/mol. The van der Waals surface area contributed by atoms with Crippen LogP contribution in [0.3, 0.4) is 0 Å². The molecule has 5 rings (SSSR count). The van der Waals surface area contributed by atoms with Crippen LogP contribution < -0.4 is 0 Å². The second-order valence-corrected chi connectivity index (χ2v) is 8.83. The molecule has 0 aliphatic rings. The van der Waals surface area contributed by atoms with E-state index in [2.05, 4.69) is 127 Å². The van der Waals surface area contributed by atoms with Crippen LogP contribution in [-0.2, 0) is 6.42 Å². The summed E-state index contributed by atoms with van der Waals surface area (Å²) >= 11 is 7.19. The summed E-state index contributed by atoms with van der Waals surface area (Å²) in [6.45, 7) is 0. The van der Waals surface area contributed by atoms with Crippen molar-refractivity contribution >= 4 is 53.7 Å². The Morgan fingerprint density at radius 2 is 1.25 bits per heavy atom. The lowest BCUT2D eigenvalue weighted by Crippen LogP contribution is -1.94. The molecular formula is C25H17Br2N. The van der Waals surface area contributed by atoms with Gasteiger partial charge in [-0.25, -0.2) is 0 Å². The lowest BCUT2D eigenvalue weighted by Gasteiger charge is -2.09. The van der Waals surface area contributed by atoms with E-state index in [1.807, 2.05) is 0 Å². The van der Waals surface area contributed by atoms with E-state index in [0.29, 0.717) is 0 Å². The van der Waals surface area contributed by atoms with Crippen molar-refractivity contribution in [3.8, 4) is 5.69 Å². The lowest BCUT2D eigenvalue weighted by atomic mass is 10.0. The first-order valence-corrected chi connectivity index (χ1v) is 10.8. The van der Waals surface area contributed by atoms with Gasteiger partial charge in [-0.3, -0.25) is 0 Å². The first-order chi connectivity index (χ1) is 13.7. The third-order valence-electron chi connectivity index (χ3n) is 5.08. The summed E-state index contributed by atoms with van der Waals surface area (Å²) in [5.74, 6) is 0. The zero-order valence-corrected chi connectivity index (χ0v) is 18.2. The van der Waals surface area contributed by atoms with Crippen LogP contribution in [0.1, 0.15) is 11.1 Å². The number of hydrogen-bond acceptors (Lipinski definition) is 0. The predicted octanol–water partition coefficient (Wildman–Crippen LogP) is 7.90. The minimum atomic E-state index is 0.893. The Balaban J connectivity index is 1.71. The molecule has 4 aromatic carbocycles. The number of rotatable bonds is 3. The number of nitrogens with zero attached hydrogens (tertiary/aromatic N) is 1. The summed E-state index contributed by atoms with van der Waals surface area (Å²) in [7, 11) is 0. The fourth-order valence-corrected chi connectivity index (χ4v) is 5.32. The Hall–Kier alpha value is -2.36. The quantitative estimate of drug-likeness (QED) is 0.242. The first-order valence-electron chi connectivity index (χ1n) is 9.21. The van der Waals surface area contributed by atoms with E-state index in [-0.39, 0.29) is 0 Å². The largest absolute Gasteiger partial charge is 0.309 e. The number of para-hydroxylation sites is 2. The number of halogens is 2. The van der Waals surface area contributed by atoms with Crippen molar-refractivity contribution in [2.24, 2.45) is 0 Å². The van der Waals surface area contributed by atoms with Gasteiger partial charge in [0, 0.05) is 25.4 Å². The summed E-state index contributed by atoms with van der Waals surface area (Å²) in [6.07, 6.45) is 0.893. The molecule has 5 aromatic rings. The average Bonchev–Trinajstić information content (AvgIpc) is 3.01. The summed E-state index contributed by atoms with van der Waals surface area (Å²) in [4.78, 5) is 0. The number of fused-ring (bicyclic) bond motifs is 3. The molecule has 0 saturated heterocycles. The van der Waals surface area contributed by atoms with Gasteiger partial charge in [0.1, 0.15) is 0 Å². The summed E-state index contributed by atoms with van der Waals surface area (Å²) in [5, 5.41) is 2.58. The van der Waals surface area contributed by atoms with Crippen LogP contribution in [0, 0.1) is 0 Å². The molecule has 1 nitrogen and oxygen atoms in total. The molecule has 0 unspecified atom stereocenters. The Bertz CT molecular complexity index is 1280. The molecule has 1 aromatic heterocycles. The van der Waals surface area contributed by atoms with Gasteiger partial charge in [0.2, 0.25) is 0 Å². The van der Waals surface area contributed by atoms with Crippen LogP contribution in [0.15, 0.2) is 99.9 Å². The predicted molar refractivity (Wildman–Crippen MR) is 125 cm³/mol. The first kappa shape index (κ1) is 17.7. The second-order valence-electron chi connectivity index (χ2n) is 6.99. The van der Waals surface area contributed by atoms with E-state index < -0.39 is 0 Å². The zero-order valence-electron chi connectivity index (χ0n) is 15.1. The Morgan fingerprint density at radius 1 is 0.571 bits per heavy atom. The van der Waals surface area contributed by atoms with E-state index in [1.165, 1.54) is 38.6 Å². The maximum Gasteiger partial charge on any atom is 0.0543 e. The fourth-order valence-electron chi connectivity index (χ4n) is 3.93. The van der Waals surface area contributed by atoms with Crippen LogP contribution in [0.25, 0.3) is 27.5 Å². The van der Waals surface area contributed by atoms with Gasteiger partial charge in [0.05, 0.1) is 11.0 Å². The van der Waals surface area contributed by atoms with E-state index >= 15 is 0 Å². The fraction of sp³-hybridized carbons (Fsp3) is 0.0400. The Labute approximate surface area is 180 Å². The molecule has 0 atom stereocenters. The minimum Gasteiger partial charge on any atom is -0.309 e. The Kier molecular flexibility index (Phi) is 4.58. The minimum absolute atomic E-state index is 0.893. The van der Waals surface area contributed by atoms with Crippen molar-refractivity contribution in [2.75, 3.05) is 0 Å². The standard InChI is InChI=1S/C25H17Br2N/c26-19-13-18(14-20(27)16-19)12-17-10-11-23-22-8-4-5-9-24(22)28(25(23)15-17)21-6-2-1-3-7-21/h1-11,13-16H,12H2. The smallest absolute Gasteiger partial charge is 0.0543 e. The van der Waals surface area contributed by atoms with Crippen molar-refractivity contribution in [3.05, 3.63) is 111 Å². The van der Waals surface area contributed by atoms with Gasteiger partial charge in [0.15, 0.2) is 0 Å². The molecule has 0 aliphatic heterocycles. The lowest BCUT2D eigenvalue weighted by molar-refractivity contribution is 1.16. The number of hydrogen-bond donors (Lipinski definition) is 0.